The molecule has 0 unspecified atom stereocenters. The molecule has 0 bridgehead atoms. The molecule has 0 aromatic carbocycles. The van der Waals surface area contributed by atoms with Crippen LogP contribution in [0.3, 0.4) is 0 Å². The van der Waals surface area contributed by atoms with Crippen LogP contribution in [0.1, 0.15) is 24.0 Å². The summed E-state index contributed by atoms with van der Waals surface area (Å²) in [6, 6.07) is 0. The predicted molar refractivity (Wildman–Crippen MR) is 66.3 cm³/mol. The predicted octanol–water partition coefficient (Wildman–Crippen LogP) is 2.94. The molecule has 1 rings (SSSR count). The highest BCUT2D eigenvalue weighted by atomic mass is 19.3. The first kappa shape index (κ1) is 16.6. The summed E-state index contributed by atoms with van der Waals surface area (Å²) < 4.78 is 53.8. The van der Waals surface area contributed by atoms with Gasteiger partial charge in [0.1, 0.15) is 19.0 Å². The topological polar surface area (TPSA) is 47.0 Å². The van der Waals surface area contributed by atoms with Gasteiger partial charge in [-0.05, 0) is 20.8 Å². The van der Waals surface area contributed by atoms with E-state index in [0.29, 0.717) is 18.1 Å². The lowest BCUT2D eigenvalue weighted by atomic mass is 10.2. The normalized spacial score (nSPS) is 12.0. The number of rotatable bonds is 7. The monoisotopic (exact) mass is 295 g/mol. The van der Waals surface area contributed by atoms with Crippen molar-refractivity contribution >= 4 is 5.82 Å². The van der Waals surface area contributed by atoms with Gasteiger partial charge in [-0.25, -0.2) is 18.7 Å². The van der Waals surface area contributed by atoms with Crippen LogP contribution in [-0.2, 0) is 11.3 Å². The molecular formula is C12H17F4N3O. The van der Waals surface area contributed by atoms with Crippen molar-refractivity contribution in [2.75, 3.05) is 18.5 Å². The second-order valence-corrected chi connectivity index (χ2v) is 4.28. The van der Waals surface area contributed by atoms with Crippen LogP contribution >= 0.6 is 0 Å². The molecule has 114 valence electrons. The summed E-state index contributed by atoms with van der Waals surface area (Å²) in [5.41, 5.74) is 1.52. The number of alkyl halides is 4. The largest absolute Gasteiger partial charge is 0.370 e. The van der Waals surface area contributed by atoms with Crippen molar-refractivity contribution in [3.63, 3.8) is 0 Å². The third-order valence-electron chi connectivity index (χ3n) is 2.62. The highest BCUT2D eigenvalue weighted by Gasteiger charge is 2.41. The lowest BCUT2D eigenvalue weighted by molar-refractivity contribution is -0.168. The molecule has 0 saturated carbocycles. The number of hydrogen-bond donors (Lipinski definition) is 1. The Kier molecular flexibility index (Phi) is 5.67. The van der Waals surface area contributed by atoms with Crippen molar-refractivity contribution in [3.05, 3.63) is 17.1 Å². The fraction of sp³-hybridized carbons (Fsp3) is 0.667. The molecule has 4 nitrogen and oxygen atoms in total. The van der Waals surface area contributed by atoms with Crippen LogP contribution in [0.5, 0.6) is 0 Å². The molecule has 0 aliphatic carbocycles. The first-order valence-electron chi connectivity index (χ1n) is 6.09. The Morgan fingerprint density at radius 1 is 1.25 bits per heavy atom. The van der Waals surface area contributed by atoms with Crippen molar-refractivity contribution in [2.24, 2.45) is 0 Å². The number of nitrogens with zero attached hydrogens (tertiary/aromatic N) is 2. The zero-order valence-electron chi connectivity index (χ0n) is 11.5. The number of aromatic nitrogens is 2. The summed E-state index contributed by atoms with van der Waals surface area (Å²) in [5, 5.41) is 3.01. The number of anilines is 1. The Morgan fingerprint density at radius 3 is 2.45 bits per heavy atom. The minimum Gasteiger partial charge on any atom is -0.370 e. The van der Waals surface area contributed by atoms with Gasteiger partial charge in [0.2, 0.25) is 0 Å². The number of aryl methyl sites for hydroxylation is 1. The maximum Gasteiger partial charge on any atom is 0.330 e. The first-order valence-corrected chi connectivity index (χ1v) is 6.09. The lowest BCUT2D eigenvalue weighted by Crippen LogP contribution is -2.32. The lowest BCUT2D eigenvalue weighted by Gasteiger charge is -2.15. The van der Waals surface area contributed by atoms with Crippen molar-refractivity contribution in [1.29, 1.82) is 0 Å². The van der Waals surface area contributed by atoms with E-state index in [1.54, 1.807) is 6.92 Å². The average molecular weight is 295 g/mol. The van der Waals surface area contributed by atoms with E-state index in [0.717, 1.165) is 5.56 Å². The quantitative estimate of drug-likeness (QED) is 0.786. The molecule has 0 spiro atoms. The van der Waals surface area contributed by atoms with Crippen LogP contribution in [0.15, 0.2) is 0 Å². The van der Waals surface area contributed by atoms with Gasteiger partial charge in [-0.2, -0.15) is 8.78 Å². The molecule has 0 aliphatic rings. The van der Waals surface area contributed by atoms with E-state index in [2.05, 4.69) is 20.0 Å². The Morgan fingerprint density at radius 2 is 1.90 bits per heavy atom. The van der Waals surface area contributed by atoms with Gasteiger partial charge in [0, 0.05) is 17.8 Å². The highest BCUT2D eigenvalue weighted by molar-refractivity contribution is 5.45. The fourth-order valence-corrected chi connectivity index (χ4v) is 1.43. The number of halogens is 4. The van der Waals surface area contributed by atoms with Gasteiger partial charge >= 0.3 is 12.3 Å². The van der Waals surface area contributed by atoms with Crippen LogP contribution in [0, 0.1) is 13.8 Å². The van der Waals surface area contributed by atoms with Crippen LogP contribution in [0.2, 0.25) is 0 Å². The molecule has 0 amide bonds. The van der Waals surface area contributed by atoms with E-state index in [9.17, 15) is 17.6 Å². The molecule has 20 heavy (non-hydrogen) atoms. The summed E-state index contributed by atoms with van der Waals surface area (Å²) >= 11 is 0. The van der Waals surface area contributed by atoms with E-state index < -0.39 is 19.0 Å². The Balaban J connectivity index is 2.69. The number of ether oxygens (including phenoxy) is 1. The summed E-state index contributed by atoms with van der Waals surface area (Å²) in [7, 11) is 0. The molecule has 0 atom stereocenters. The van der Waals surface area contributed by atoms with Gasteiger partial charge in [-0.15, -0.1) is 0 Å². The molecule has 8 heteroatoms. The Hall–Kier alpha value is -1.44. The molecular weight excluding hydrogens is 278 g/mol. The van der Waals surface area contributed by atoms with Crippen LogP contribution in [0.25, 0.3) is 0 Å². The van der Waals surface area contributed by atoms with Crippen molar-refractivity contribution in [2.45, 2.75) is 39.7 Å². The minimum atomic E-state index is -4.16. The molecule has 1 heterocycles. The summed E-state index contributed by atoms with van der Waals surface area (Å²) in [6.07, 6.45) is -3.75. The molecule has 0 fully saturated rings. The third kappa shape index (κ3) is 4.29. The van der Waals surface area contributed by atoms with Crippen LogP contribution < -0.4 is 5.32 Å². The minimum absolute atomic E-state index is 0.175. The summed E-state index contributed by atoms with van der Waals surface area (Å²) in [5.74, 6) is -3.40. The molecule has 1 aromatic heterocycles. The summed E-state index contributed by atoms with van der Waals surface area (Å²) in [6.45, 7) is 4.38. The van der Waals surface area contributed by atoms with E-state index in [1.807, 2.05) is 13.8 Å². The smallest absolute Gasteiger partial charge is 0.330 e. The molecule has 1 N–H and O–H groups in total. The Labute approximate surface area is 114 Å². The first-order chi connectivity index (χ1) is 9.27. The van der Waals surface area contributed by atoms with Crippen molar-refractivity contribution in [3.8, 4) is 0 Å². The second kappa shape index (κ2) is 6.83. The van der Waals surface area contributed by atoms with Gasteiger partial charge in [-0.1, -0.05) is 0 Å². The molecule has 1 aromatic rings. The number of nitrogens with one attached hydrogen (secondary N) is 1. The van der Waals surface area contributed by atoms with Crippen molar-refractivity contribution < 1.29 is 22.3 Å². The van der Waals surface area contributed by atoms with Crippen molar-refractivity contribution in [1.82, 2.24) is 9.97 Å². The summed E-state index contributed by atoms with van der Waals surface area (Å²) in [4.78, 5) is 8.18. The van der Waals surface area contributed by atoms with Gasteiger partial charge < -0.3 is 10.1 Å². The fourth-order valence-electron chi connectivity index (χ4n) is 1.43. The maximum absolute atomic E-state index is 12.7. The zero-order valence-corrected chi connectivity index (χ0v) is 11.5. The zero-order chi connectivity index (χ0) is 15.3. The highest BCUT2D eigenvalue weighted by Crippen LogP contribution is 2.23. The average Bonchev–Trinajstić information content (AvgIpc) is 2.35. The SMILES string of the molecule is CCNc1nc(COCC(F)(F)C(F)F)nc(C)c1C. The number of hydrogen-bond acceptors (Lipinski definition) is 4. The van der Waals surface area contributed by atoms with Crippen LogP contribution in [0.4, 0.5) is 23.4 Å². The van der Waals surface area contributed by atoms with E-state index in [4.69, 9.17) is 0 Å². The van der Waals surface area contributed by atoms with E-state index >= 15 is 0 Å². The van der Waals surface area contributed by atoms with E-state index in [-0.39, 0.29) is 12.4 Å². The molecule has 0 saturated heterocycles. The molecule has 0 aliphatic heterocycles. The second-order valence-electron chi connectivity index (χ2n) is 4.28. The van der Waals surface area contributed by atoms with Gasteiger partial charge in [0.05, 0.1) is 0 Å². The third-order valence-corrected chi connectivity index (χ3v) is 2.62. The van der Waals surface area contributed by atoms with Crippen LogP contribution in [-0.4, -0.2) is 35.5 Å². The van der Waals surface area contributed by atoms with Gasteiger partial charge in [0.15, 0.2) is 5.82 Å². The van der Waals surface area contributed by atoms with Gasteiger partial charge in [0.25, 0.3) is 0 Å². The van der Waals surface area contributed by atoms with E-state index in [1.165, 1.54) is 0 Å². The maximum atomic E-state index is 12.7. The van der Waals surface area contributed by atoms with Gasteiger partial charge in [-0.3, -0.25) is 0 Å². The standard InChI is InChI=1S/C12H17F4N3O/c1-4-17-10-7(2)8(3)18-9(19-10)5-20-6-12(15,16)11(13)14/h11H,4-6H2,1-3H3,(H,17,18,19). The molecule has 0 radical (unpaired) electrons. The Bertz CT molecular complexity index is 455.